The van der Waals surface area contributed by atoms with Crippen molar-refractivity contribution >= 4 is 27.7 Å². The molecule has 2 heterocycles. The summed E-state index contributed by atoms with van der Waals surface area (Å²) in [6.07, 6.45) is 3.54. The van der Waals surface area contributed by atoms with Crippen LogP contribution in [0.2, 0.25) is 0 Å². The summed E-state index contributed by atoms with van der Waals surface area (Å²) in [4.78, 5) is 8.60. The van der Waals surface area contributed by atoms with Gasteiger partial charge in [0.2, 0.25) is 0 Å². The van der Waals surface area contributed by atoms with Gasteiger partial charge in [0.05, 0.1) is 4.47 Å². The predicted octanol–water partition coefficient (Wildman–Crippen LogP) is 3.41. The lowest BCUT2D eigenvalue weighted by Gasteiger charge is -2.07. The molecule has 0 fully saturated rings. The van der Waals surface area contributed by atoms with Crippen LogP contribution >= 0.6 is 27.7 Å². The Morgan fingerprint density at radius 2 is 2.12 bits per heavy atom. The van der Waals surface area contributed by atoms with E-state index in [1.165, 1.54) is 11.8 Å². The molecule has 2 aromatic heterocycles. The van der Waals surface area contributed by atoms with Crippen molar-refractivity contribution in [2.45, 2.75) is 23.0 Å². The molecule has 0 aromatic carbocycles. The quantitative estimate of drug-likeness (QED) is 0.944. The monoisotopic (exact) mass is 309 g/mol. The molecule has 0 aliphatic carbocycles. The van der Waals surface area contributed by atoms with Crippen LogP contribution < -0.4 is 5.73 Å². The molecule has 3 nitrogen and oxygen atoms in total. The Morgan fingerprint density at radius 1 is 1.29 bits per heavy atom. The lowest BCUT2D eigenvalue weighted by Crippen LogP contribution is -2.04. The van der Waals surface area contributed by atoms with Crippen molar-refractivity contribution in [2.24, 2.45) is 5.73 Å². The number of hydrogen-bond donors (Lipinski definition) is 1. The molecule has 0 aliphatic rings. The van der Waals surface area contributed by atoms with Gasteiger partial charge in [0.25, 0.3) is 0 Å². The molecule has 1 atom stereocenters. The molecule has 17 heavy (non-hydrogen) atoms. The molecule has 88 valence electrons. The highest BCUT2D eigenvalue weighted by Crippen LogP contribution is 2.30. The van der Waals surface area contributed by atoms with Crippen LogP contribution in [0.3, 0.4) is 0 Å². The minimum Gasteiger partial charge on any atom is -0.324 e. The zero-order valence-electron chi connectivity index (χ0n) is 9.30. The SMILES string of the molecule is CC(N)c1ccnc(Sc2ncccc2Br)c1. The maximum absolute atomic E-state index is 5.84. The van der Waals surface area contributed by atoms with Gasteiger partial charge in [0.15, 0.2) is 0 Å². The Balaban J connectivity index is 2.25. The molecule has 5 heteroatoms. The molecule has 2 aromatic rings. The molecular formula is C12H12BrN3S. The van der Waals surface area contributed by atoms with Crippen molar-refractivity contribution in [3.8, 4) is 0 Å². The standard InChI is InChI=1S/C12H12BrN3S/c1-8(14)9-4-6-15-11(7-9)17-12-10(13)3-2-5-16-12/h2-8H,14H2,1H3. The van der Waals surface area contributed by atoms with Crippen molar-refractivity contribution in [3.05, 3.63) is 46.7 Å². The maximum atomic E-state index is 5.84. The first kappa shape index (κ1) is 12.5. The fourth-order valence-electron chi connectivity index (χ4n) is 1.31. The fourth-order valence-corrected chi connectivity index (χ4v) is 2.59. The second kappa shape index (κ2) is 5.62. The minimum atomic E-state index is 0.0181. The van der Waals surface area contributed by atoms with E-state index in [4.69, 9.17) is 5.73 Å². The predicted molar refractivity (Wildman–Crippen MR) is 72.9 cm³/mol. The zero-order valence-corrected chi connectivity index (χ0v) is 11.7. The van der Waals surface area contributed by atoms with E-state index >= 15 is 0 Å². The highest BCUT2D eigenvalue weighted by atomic mass is 79.9. The molecule has 0 spiro atoms. The number of pyridine rings is 2. The summed E-state index contributed by atoms with van der Waals surface area (Å²) in [5, 5.41) is 1.81. The first-order chi connectivity index (χ1) is 8.16. The molecular weight excluding hydrogens is 298 g/mol. The minimum absolute atomic E-state index is 0.0181. The smallest absolute Gasteiger partial charge is 0.116 e. The molecule has 0 saturated carbocycles. The normalized spacial score (nSPS) is 12.4. The van der Waals surface area contributed by atoms with Gasteiger partial charge in [-0.15, -0.1) is 0 Å². The number of nitrogens with zero attached hydrogens (tertiary/aromatic N) is 2. The van der Waals surface area contributed by atoms with E-state index in [2.05, 4.69) is 25.9 Å². The van der Waals surface area contributed by atoms with Crippen LogP contribution in [0.5, 0.6) is 0 Å². The van der Waals surface area contributed by atoms with Crippen LogP contribution in [-0.2, 0) is 0 Å². The second-order valence-corrected chi connectivity index (χ2v) is 5.47. The van der Waals surface area contributed by atoms with E-state index in [1.807, 2.05) is 31.2 Å². The number of hydrogen-bond acceptors (Lipinski definition) is 4. The fraction of sp³-hybridized carbons (Fsp3) is 0.167. The summed E-state index contributed by atoms with van der Waals surface area (Å²) in [6, 6.07) is 7.80. The van der Waals surface area contributed by atoms with Crippen LogP contribution in [-0.4, -0.2) is 9.97 Å². The first-order valence-corrected chi connectivity index (χ1v) is 6.77. The summed E-state index contributed by atoms with van der Waals surface area (Å²) in [5.74, 6) is 0. The second-order valence-electron chi connectivity index (χ2n) is 3.61. The van der Waals surface area contributed by atoms with E-state index in [0.717, 1.165) is 20.1 Å². The Kier molecular flexibility index (Phi) is 4.15. The van der Waals surface area contributed by atoms with Crippen molar-refractivity contribution < 1.29 is 0 Å². The number of halogens is 1. The summed E-state index contributed by atoms with van der Waals surface area (Å²) >= 11 is 4.99. The van der Waals surface area contributed by atoms with Gasteiger partial charge in [-0.05, 0) is 64.4 Å². The summed E-state index contributed by atoms with van der Waals surface area (Å²) in [7, 11) is 0. The van der Waals surface area contributed by atoms with Crippen molar-refractivity contribution in [3.63, 3.8) is 0 Å². The van der Waals surface area contributed by atoms with Gasteiger partial charge in [-0.25, -0.2) is 9.97 Å². The van der Waals surface area contributed by atoms with Crippen LogP contribution in [0, 0.1) is 0 Å². The Bertz CT molecular complexity index is 517. The van der Waals surface area contributed by atoms with E-state index in [-0.39, 0.29) is 6.04 Å². The Labute approximate surface area is 113 Å². The van der Waals surface area contributed by atoms with Gasteiger partial charge >= 0.3 is 0 Å². The summed E-state index contributed by atoms with van der Waals surface area (Å²) in [6.45, 7) is 1.96. The van der Waals surface area contributed by atoms with Gasteiger partial charge < -0.3 is 5.73 Å². The third-order valence-corrected chi connectivity index (χ3v) is 4.06. The number of rotatable bonds is 3. The molecule has 2 rings (SSSR count). The van der Waals surface area contributed by atoms with Crippen molar-refractivity contribution in [1.29, 1.82) is 0 Å². The van der Waals surface area contributed by atoms with Crippen LogP contribution in [0.1, 0.15) is 18.5 Å². The molecule has 0 radical (unpaired) electrons. The summed E-state index contributed by atoms with van der Waals surface area (Å²) in [5.41, 5.74) is 6.92. The number of nitrogens with two attached hydrogens (primary N) is 1. The Hall–Kier alpha value is -0.910. The topological polar surface area (TPSA) is 51.8 Å². The first-order valence-electron chi connectivity index (χ1n) is 5.16. The van der Waals surface area contributed by atoms with Gasteiger partial charge in [0, 0.05) is 18.4 Å². The lowest BCUT2D eigenvalue weighted by molar-refractivity contribution is 0.808. The summed E-state index contributed by atoms with van der Waals surface area (Å²) < 4.78 is 0.970. The lowest BCUT2D eigenvalue weighted by atomic mass is 10.1. The van der Waals surface area contributed by atoms with Crippen LogP contribution in [0.4, 0.5) is 0 Å². The molecule has 0 amide bonds. The van der Waals surface area contributed by atoms with Crippen molar-refractivity contribution in [1.82, 2.24) is 9.97 Å². The molecule has 0 aliphatic heterocycles. The third-order valence-electron chi connectivity index (χ3n) is 2.21. The van der Waals surface area contributed by atoms with Crippen LogP contribution in [0.15, 0.2) is 51.2 Å². The average molecular weight is 310 g/mol. The molecule has 1 unspecified atom stereocenters. The van der Waals surface area contributed by atoms with E-state index in [9.17, 15) is 0 Å². The van der Waals surface area contributed by atoms with E-state index in [1.54, 1.807) is 12.4 Å². The zero-order chi connectivity index (χ0) is 12.3. The van der Waals surface area contributed by atoms with Gasteiger partial charge in [0.1, 0.15) is 10.1 Å². The molecule has 2 N–H and O–H groups in total. The largest absolute Gasteiger partial charge is 0.324 e. The van der Waals surface area contributed by atoms with E-state index in [0.29, 0.717) is 0 Å². The van der Waals surface area contributed by atoms with Crippen LogP contribution in [0.25, 0.3) is 0 Å². The third kappa shape index (κ3) is 3.28. The Morgan fingerprint density at radius 3 is 2.82 bits per heavy atom. The van der Waals surface area contributed by atoms with Crippen molar-refractivity contribution in [2.75, 3.05) is 0 Å². The maximum Gasteiger partial charge on any atom is 0.116 e. The van der Waals surface area contributed by atoms with E-state index < -0.39 is 0 Å². The van der Waals surface area contributed by atoms with Gasteiger partial charge in [-0.1, -0.05) is 0 Å². The highest BCUT2D eigenvalue weighted by molar-refractivity contribution is 9.10. The average Bonchev–Trinajstić information content (AvgIpc) is 2.32. The number of aromatic nitrogens is 2. The van der Waals surface area contributed by atoms with Gasteiger partial charge in [-0.2, -0.15) is 0 Å². The highest BCUT2D eigenvalue weighted by Gasteiger charge is 2.06. The molecule has 0 bridgehead atoms. The molecule has 0 saturated heterocycles. The van der Waals surface area contributed by atoms with Gasteiger partial charge in [-0.3, -0.25) is 0 Å².